The molecule has 9 heteroatoms. The van der Waals surface area contributed by atoms with Crippen LogP contribution in [-0.2, 0) is 0 Å². The topological polar surface area (TPSA) is 62.5 Å². The van der Waals surface area contributed by atoms with E-state index in [0.717, 1.165) is 17.7 Å². The fraction of sp³-hybridized carbons (Fsp3) is 0.261. The molecule has 166 valence electrons. The first kappa shape index (κ1) is 22.7. The predicted octanol–water partition coefficient (Wildman–Crippen LogP) is 6.17. The van der Waals surface area contributed by atoms with Gasteiger partial charge in [0.1, 0.15) is 22.5 Å². The van der Waals surface area contributed by atoms with Gasteiger partial charge in [-0.2, -0.15) is 0 Å². The van der Waals surface area contributed by atoms with E-state index in [2.05, 4.69) is 10.1 Å². The summed E-state index contributed by atoms with van der Waals surface area (Å²) in [5.74, 6) is 0.203. The summed E-state index contributed by atoms with van der Waals surface area (Å²) in [5, 5.41) is 5.80. The molecular weight excluding hydrogens is 467 g/mol. The number of amides is 1. The molecule has 2 heterocycles. The number of benzene rings is 2. The van der Waals surface area contributed by atoms with Gasteiger partial charge in [0.25, 0.3) is 5.91 Å². The molecule has 0 aliphatic heterocycles. The highest BCUT2D eigenvalue weighted by molar-refractivity contribution is 7.22. The molecule has 0 N–H and O–H groups in total. The lowest BCUT2D eigenvalue weighted by Gasteiger charge is -2.21. The van der Waals surface area contributed by atoms with E-state index < -0.39 is 0 Å². The van der Waals surface area contributed by atoms with Crippen molar-refractivity contribution in [2.75, 3.05) is 32.1 Å². The quantitative estimate of drug-likeness (QED) is 0.311. The van der Waals surface area contributed by atoms with Gasteiger partial charge in [0, 0.05) is 12.1 Å². The first-order valence-electron chi connectivity index (χ1n) is 10.1. The third kappa shape index (κ3) is 4.52. The van der Waals surface area contributed by atoms with Crippen LogP contribution in [0, 0.1) is 6.92 Å². The summed E-state index contributed by atoms with van der Waals surface area (Å²) in [6, 6.07) is 12.9. The Labute approximate surface area is 200 Å². The molecule has 0 radical (unpaired) electrons. The number of rotatable bonds is 7. The Kier molecular flexibility index (Phi) is 6.81. The molecule has 0 atom stereocenters. The van der Waals surface area contributed by atoms with Crippen LogP contribution in [0.25, 0.3) is 21.5 Å². The van der Waals surface area contributed by atoms with Gasteiger partial charge in [0.15, 0.2) is 5.13 Å². The molecule has 2 aromatic carbocycles. The summed E-state index contributed by atoms with van der Waals surface area (Å²) in [5.41, 5.74) is 2.14. The Morgan fingerprint density at radius 3 is 2.53 bits per heavy atom. The monoisotopic (exact) mass is 488 g/mol. The fourth-order valence-electron chi connectivity index (χ4n) is 3.44. The number of aryl methyl sites for hydroxylation is 1. The Bertz CT molecular complexity index is 1270. The molecule has 1 amide bonds. The van der Waals surface area contributed by atoms with Crippen molar-refractivity contribution < 1.29 is 9.32 Å². The molecule has 0 unspecified atom stereocenters. The van der Waals surface area contributed by atoms with Crippen molar-refractivity contribution in [2.45, 2.75) is 13.3 Å². The lowest BCUT2D eigenvalue weighted by atomic mass is 10.1. The van der Waals surface area contributed by atoms with Gasteiger partial charge in [0.05, 0.1) is 14.7 Å². The normalized spacial score (nSPS) is 11.4. The number of fused-ring (bicyclic) bond motifs is 1. The first-order valence-corrected chi connectivity index (χ1v) is 11.7. The molecule has 0 aliphatic carbocycles. The summed E-state index contributed by atoms with van der Waals surface area (Å²) < 4.78 is 6.35. The van der Waals surface area contributed by atoms with Crippen LogP contribution in [-0.4, -0.2) is 48.1 Å². The van der Waals surface area contributed by atoms with E-state index >= 15 is 0 Å². The van der Waals surface area contributed by atoms with Gasteiger partial charge in [-0.1, -0.05) is 64.0 Å². The van der Waals surface area contributed by atoms with E-state index in [1.807, 2.05) is 44.4 Å². The highest BCUT2D eigenvalue weighted by Gasteiger charge is 2.29. The minimum absolute atomic E-state index is 0.229. The number of thiazole rings is 1. The second-order valence-corrected chi connectivity index (χ2v) is 9.46. The molecule has 6 nitrogen and oxygen atoms in total. The minimum Gasteiger partial charge on any atom is -0.360 e. The van der Waals surface area contributed by atoms with E-state index in [-0.39, 0.29) is 5.91 Å². The van der Waals surface area contributed by atoms with Gasteiger partial charge in [-0.3, -0.25) is 9.69 Å². The SMILES string of the molecule is Cc1onc(-c2ccccc2Cl)c1C(=O)N(CCCN(C)C)c1nc2c(Cl)cccc2s1. The van der Waals surface area contributed by atoms with E-state index in [1.54, 1.807) is 24.0 Å². The summed E-state index contributed by atoms with van der Waals surface area (Å²) in [6.07, 6.45) is 0.772. The van der Waals surface area contributed by atoms with E-state index in [4.69, 9.17) is 32.7 Å². The molecule has 0 bridgehead atoms. The highest BCUT2D eigenvalue weighted by atomic mass is 35.5. The zero-order chi connectivity index (χ0) is 22.8. The van der Waals surface area contributed by atoms with Gasteiger partial charge in [-0.05, 0) is 52.2 Å². The Hall–Kier alpha value is -2.45. The van der Waals surface area contributed by atoms with Crippen molar-refractivity contribution in [3.05, 3.63) is 63.8 Å². The first-order chi connectivity index (χ1) is 15.4. The smallest absolute Gasteiger partial charge is 0.265 e. The zero-order valence-corrected chi connectivity index (χ0v) is 20.3. The number of carbonyl (C=O) groups is 1. The molecule has 2 aromatic heterocycles. The number of anilines is 1. The predicted molar refractivity (Wildman–Crippen MR) is 131 cm³/mol. The van der Waals surface area contributed by atoms with Crippen molar-refractivity contribution >= 4 is 55.8 Å². The summed E-state index contributed by atoms with van der Waals surface area (Å²) in [6.45, 7) is 3.05. The molecule has 0 aliphatic rings. The number of hydrogen-bond acceptors (Lipinski definition) is 6. The van der Waals surface area contributed by atoms with Crippen LogP contribution in [0.2, 0.25) is 10.0 Å². The third-order valence-corrected chi connectivity index (χ3v) is 6.71. The number of aromatic nitrogens is 2. The average molecular weight is 489 g/mol. The molecule has 0 spiro atoms. The third-order valence-electron chi connectivity index (χ3n) is 5.03. The molecule has 32 heavy (non-hydrogen) atoms. The van der Waals surface area contributed by atoms with Crippen LogP contribution >= 0.6 is 34.5 Å². The molecule has 4 rings (SSSR count). The number of para-hydroxylation sites is 1. The van der Waals surface area contributed by atoms with Gasteiger partial charge in [0.2, 0.25) is 0 Å². The van der Waals surface area contributed by atoms with Crippen LogP contribution < -0.4 is 4.90 Å². The fourth-order valence-corrected chi connectivity index (χ4v) is 4.96. The van der Waals surface area contributed by atoms with Gasteiger partial charge in [-0.15, -0.1) is 0 Å². The largest absolute Gasteiger partial charge is 0.360 e. The average Bonchev–Trinajstić information content (AvgIpc) is 3.35. The number of nitrogens with zero attached hydrogens (tertiary/aromatic N) is 4. The Morgan fingerprint density at radius 2 is 1.81 bits per heavy atom. The van der Waals surface area contributed by atoms with Crippen molar-refractivity contribution in [2.24, 2.45) is 0 Å². The maximum Gasteiger partial charge on any atom is 0.265 e. The Morgan fingerprint density at radius 1 is 1.06 bits per heavy atom. The van der Waals surface area contributed by atoms with Crippen molar-refractivity contribution in [3.8, 4) is 11.3 Å². The molecule has 0 saturated carbocycles. The van der Waals surface area contributed by atoms with Crippen molar-refractivity contribution in [1.82, 2.24) is 15.0 Å². The maximum atomic E-state index is 13.9. The van der Waals surface area contributed by atoms with E-state index in [9.17, 15) is 4.79 Å². The van der Waals surface area contributed by atoms with Crippen LogP contribution in [0.4, 0.5) is 5.13 Å². The second kappa shape index (κ2) is 9.58. The minimum atomic E-state index is -0.229. The van der Waals surface area contributed by atoms with Gasteiger partial charge >= 0.3 is 0 Å². The van der Waals surface area contributed by atoms with E-state index in [1.165, 1.54) is 11.3 Å². The van der Waals surface area contributed by atoms with Crippen LogP contribution in [0.3, 0.4) is 0 Å². The maximum absolute atomic E-state index is 13.9. The molecular formula is C23H22Cl2N4O2S. The number of hydrogen-bond donors (Lipinski definition) is 0. The van der Waals surface area contributed by atoms with Crippen LogP contribution in [0.5, 0.6) is 0 Å². The summed E-state index contributed by atoms with van der Waals surface area (Å²) >= 11 is 14.2. The lowest BCUT2D eigenvalue weighted by Crippen LogP contribution is -2.34. The zero-order valence-electron chi connectivity index (χ0n) is 17.9. The van der Waals surface area contributed by atoms with Crippen LogP contribution in [0.15, 0.2) is 47.0 Å². The van der Waals surface area contributed by atoms with Crippen molar-refractivity contribution in [1.29, 1.82) is 0 Å². The highest BCUT2D eigenvalue weighted by Crippen LogP contribution is 2.36. The van der Waals surface area contributed by atoms with Gasteiger partial charge < -0.3 is 9.42 Å². The molecule has 0 saturated heterocycles. The Balaban J connectivity index is 1.78. The second-order valence-electron chi connectivity index (χ2n) is 7.64. The molecule has 4 aromatic rings. The van der Waals surface area contributed by atoms with E-state index in [0.29, 0.717) is 49.8 Å². The standard InChI is InChI=1S/C23H22Cl2N4O2S/c1-14-19(20(27-31-14)15-8-4-5-9-16(15)24)22(30)29(13-7-12-28(2)3)23-26-21-17(25)10-6-11-18(21)32-23/h4-6,8-11H,7,12-13H2,1-3H3. The summed E-state index contributed by atoms with van der Waals surface area (Å²) in [7, 11) is 4.01. The number of carbonyl (C=O) groups excluding carboxylic acids is 1. The molecule has 0 fully saturated rings. The lowest BCUT2D eigenvalue weighted by molar-refractivity contribution is 0.0985. The van der Waals surface area contributed by atoms with Crippen molar-refractivity contribution in [3.63, 3.8) is 0 Å². The van der Waals surface area contributed by atoms with Crippen LogP contribution in [0.1, 0.15) is 22.5 Å². The summed E-state index contributed by atoms with van der Waals surface area (Å²) in [4.78, 5) is 22.3. The number of halogens is 2. The van der Waals surface area contributed by atoms with Gasteiger partial charge in [-0.25, -0.2) is 4.98 Å².